The summed E-state index contributed by atoms with van der Waals surface area (Å²) < 4.78 is 40.9. The minimum atomic E-state index is -4.72. The maximum atomic E-state index is 13.4. The molecule has 0 aliphatic carbocycles. The number of rotatable bonds is 5. The van der Waals surface area contributed by atoms with Crippen LogP contribution in [0.1, 0.15) is 33.1 Å². The zero-order chi connectivity index (χ0) is 23.6. The number of benzene rings is 1. The zero-order valence-electron chi connectivity index (χ0n) is 17.6. The summed E-state index contributed by atoms with van der Waals surface area (Å²) in [6.07, 6.45) is 0.844. The predicted molar refractivity (Wildman–Crippen MR) is 112 cm³/mol. The summed E-state index contributed by atoms with van der Waals surface area (Å²) in [5.41, 5.74) is 3.31. The largest absolute Gasteiger partial charge is 0.451 e. The number of nitrogens with zero attached hydrogens (tertiary/aromatic N) is 6. The third-order valence-electron chi connectivity index (χ3n) is 4.70. The van der Waals surface area contributed by atoms with Crippen molar-refractivity contribution in [3.8, 4) is 16.9 Å². The number of alkyl halides is 3. The summed E-state index contributed by atoms with van der Waals surface area (Å²) in [6.45, 7) is 3.76. The van der Waals surface area contributed by atoms with E-state index < -0.39 is 17.9 Å². The summed E-state index contributed by atoms with van der Waals surface area (Å²) in [6, 6.07) is 7.90. The van der Waals surface area contributed by atoms with Gasteiger partial charge in [-0.1, -0.05) is 6.07 Å². The van der Waals surface area contributed by atoms with E-state index in [9.17, 15) is 18.0 Å². The lowest BCUT2D eigenvalue weighted by Crippen LogP contribution is -2.24. The third kappa shape index (κ3) is 5.03. The summed E-state index contributed by atoms with van der Waals surface area (Å²) in [4.78, 5) is 28.8. The SMILES string of the molecule is Cc1ccc(-c2cc(C(=O)NCc3cnc(C)cn3)cc(-n3ncnc3C(F)(F)F)c2)nc1. The molecule has 168 valence electrons. The van der Waals surface area contributed by atoms with Gasteiger partial charge in [-0.05, 0) is 43.7 Å². The topological polar surface area (TPSA) is 98.5 Å². The van der Waals surface area contributed by atoms with Gasteiger partial charge in [-0.15, -0.1) is 0 Å². The smallest absolute Gasteiger partial charge is 0.346 e. The molecule has 0 aliphatic rings. The Bertz CT molecular complexity index is 1280. The summed E-state index contributed by atoms with van der Waals surface area (Å²) >= 11 is 0. The van der Waals surface area contributed by atoms with Gasteiger partial charge in [0.2, 0.25) is 5.82 Å². The van der Waals surface area contributed by atoms with E-state index in [1.807, 2.05) is 13.0 Å². The molecular weight excluding hydrogens is 435 g/mol. The molecule has 0 unspecified atom stereocenters. The van der Waals surface area contributed by atoms with Crippen molar-refractivity contribution in [2.24, 2.45) is 0 Å². The molecule has 0 spiro atoms. The van der Waals surface area contributed by atoms with Gasteiger partial charge in [0.05, 0.1) is 35.5 Å². The van der Waals surface area contributed by atoms with E-state index in [1.54, 1.807) is 37.6 Å². The number of aryl methyl sites for hydroxylation is 2. The molecule has 1 amide bonds. The van der Waals surface area contributed by atoms with E-state index >= 15 is 0 Å². The summed E-state index contributed by atoms with van der Waals surface area (Å²) in [7, 11) is 0. The highest BCUT2D eigenvalue weighted by atomic mass is 19.4. The Morgan fingerprint density at radius 3 is 2.48 bits per heavy atom. The van der Waals surface area contributed by atoms with Gasteiger partial charge in [0.15, 0.2) is 0 Å². The van der Waals surface area contributed by atoms with Crippen LogP contribution < -0.4 is 5.32 Å². The van der Waals surface area contributed by atoms with Crippen LogP contribution in [0.5, 0.6) is 0 Å². The van der Waals surface area contributed by atoms with Crippen molar-refractivity contribution in [1.29, 1.82) is 0 Å². The first-order chi connectivity index (χ1) is 15.7. The summed E-state index contributed by atoms with van der Waals surface area (Å²) in [5, 5.41) is 6.43. The van der Waals surface area contributed by atoms with Crippen LogP contribution in [0.3, 0.4) is 0 Å². The van der Waals surface area contributed by atoms with Crippen LogP contribution >= 0.6 is 0 Å². The Labute approximate surface area is 186 Å². The highest BCUT2D eigenvalue weighted by Gasteiger charge is 2.37. The van der Waals surface area contributed by atoms with Gasteiger partial charge in [0.1, 0.15) is 6.33 Å². The third-order valence-corrected chi connectivity index (χ3v) is 4.70. The molecule has 4 aromatic rings. The first-order valence-electron chi connectivity index (χ1n) is 9.82. The molecule has 1 N–H and O–H groups in total. The van der Waals surface area contributed by atoms with Crippen molar-refractivity contribution in [2.45, 2.75) is 26.6 Å². The lowest BCUT2D eigenvalue weighted by atomic mass is 10.0. The number of halogens is 3. The second-order valence-electron chi connectivity index (χ2n) is 7.31. The number of pyridine rings is 1. The molecule has 1 aromatic carbocycles. The quantitative estimate of drug-likeness (QED) is 0.495. The molecule has 3 aromatic heterocycles. The normalized spacial score (nSPS) is 11.4. The second-order valence-corrected chi connectivity index (χ2v) is 7.31. The fraction of sp³-hybridized carbons (Fsp3) is 0.182. The molecule has 8 nitrogen and oxygen atoms in total. The van der Waals surface area contributed by atoms with E-state index in [2.05, 4.69) is 30.4 Å². The number of hydrogen-bond acceptors (Lipinski definition) is 6. The minimum absolute atomic E-state index is 0.0278. The molecule has 4 rings (SSSR count). The lowest BCUT2D eigenvalue weighted by molar-refractivity contribution is -0.146. The zero-order valence-corrected chi connectivity index (χ0v) is 17.6. The molecule has 0 saturated carbocycles. The molecule has 0 atom stereocenters. The van der Waals surface area contributed by atoms with Gasteiger partial charge in [-0.3, -0.25) is 19.7 Å². The van der Waals surface area contributed by atoms with Gasteiger partial charge in [-0.2, -0.15) is 18.3 Å². The van der Waals surface area contributed by atoms with Crippen LogP contribution in [0, 0.1) is 13.8 Å². The fourth-order valence-corrected chi connectivity index (χ4v) is 3.06. The van der Waals surface area contributed by atoms with Crippen LogP contribution in [0.2, 0.25) is 0 Å². The molecule has 0 bridgehead atoms. The summed E-state index contributed by atoms with van der Waals surface area (Å²) in [5.74, 6) is -1.70. The number of carbonyl (C=O) groups is 1. The van der Waals surface area contributed by atoms with Gasteiger partial charge in [-0.25, -0.2) is 9.67 Å². The molecule has 33 heavy (non-hydrogen) atoms. The maximum absolute atomic E-state index is 13.4. The Hall–Kier alpha value is -4.15. The highest BCUT2D eigenvalue weighted by molar-refractivity contribution is 5.96. The van der Waals surface area contributed by atoms with Crippen LogP contribution in [0.15, 0.2) is 55.2 Å². The molecule has 11 heteroatoms. The van der Waals surface area contributed by atoms with Crippen LogP contribution in [0.4, 0.5) is 13.2 Å². The Kier molecular flexibility index (Phi) is 5.86. The van der Waals surface area contributed by atoms with Gasteiger partial charge < -0.3 is 5.32 Å². The molecule has 3 heterocycles. The monoisotopic (exact) mass is 453 g/mol. The van der Waals surface area contributed by atoms with E-state index in [1.165, 1.54) is 12.1 Å². The second kappa shape index (κ2) is 8.77. The van der Waals surface area contributed by atoms with E-state index in [0.29, 0.717) is 21.6 Å². The average Bonchev–Trinajstić information content (AvgIpc) is 3.29. The van der Waals surface area contributed by atoms with Crippen LogP contribution in [-0.4, -0.2) is 35.6 Å². The fourth-order valence-electron chi connectivity index (χ4n) is 3.06. The van der Waals surface area contributed by atoms with Crippen molar-refractivity contribution >= 4 is 5.91 Å². The van der Waals surface area contributed by atoms with Gasteiger partial charge in [0.25, 0.3) is 5.91 Å². The van der Waals surface area contributed by atoms with E-state index in [0.717, 1.165) is 17.6 Å². The minimum Gasteiger partial charge on any atom is -0.346 e. The number of nitrogens with one attached hydrogen (secondary N) is 1. The Morgan fingerprint density at radius 2 is 1.82 bits per heavy atom. The first kappa shape index (κ1) is 22.1. The molecular formula is C22H18F3N7O. The molecule has 0 radical (unpaired) electrons. The van der Waals surface area contributed by atoms with Crippen molar-refractivity contribution in [1.82, 2.24) is 35.0 Å². The number of hydrogen-bond donors (Lipinski definition) is 1. The molecule has 0 saturated heterocycles. The first-order valence-corrected chi connectivity index (χ1v) is 9.82. The lowest BCUT2D eigenvalue weighted by Gasteiger charge is -2.13. The molecule has 0 aliphatic heterocycles. The Balaban J connectivity index is 1.73. The van der Waals surface area contributed by atoms with Gasteiger partial charge >= 0.3 is 6.18 Å². The standard InChI is InChI=1S/C22H18F3N7O/c1-13-3-4-19(28-8-13)15-5-16(20(33)29-11-17-10-26-14(2)9-27-17)7-18(6-15)32-21(22(23,24)25)30-12-31-32/h3-10,12H,11H2,1-2H3,(H,29,33). The van der Waals surface area contributed by atoms with Crippen LogP contribution in [0.25, 0.3) is 16.9 Å². The maximum Gasteiger partial charge on any atom is 0.451 e. The highest BCUT2D eigenvalue weighted by Crippen LogP contribution is 2.30. The number of amides is 1. The van der Waals surface area contributed by atoms with E-state index in [-0.39, 0.29) is 17.8 Å². The van der Waals surface area contributed by atoms with Crippen molar-refractivity contribution in [2.75, 3.05) is 0 Å². The average molecular weight is 453 g/mol. The number of aromatic nitrogens is 6. The number of carbonyl (C=O) groups excluding carboxylic acids is 1. The van der Waals surface area contributed by atoms with Crippen molar-refractivity contribution in [3.05, 3.63) is 83.6 Å². The van der Waals surface area contributed by atoms with E-state index in [4.69, 9.17) is 0 Å². The molecule has 0 fully saturated rings. The van der Waals surface area contributed by atoms with Crippen LogP contribution in [-0.2, 0) is 12.7 Å². The Morgan fingerprint density at radius 1 is 1.00 bits per heavy atom. The van der Waals surface area contributed by atoms with Gasteiger partial charge in [0, 0.05) is 23.5 Å². The van der Waals surface area contributed by atoms with Crippen molar-refractivity contribution in [3.63, 3.8) is 0 Å². The van der Waals surface area contributed by atoms with Crippen molar-refractivity contribution < 1.29 is 18.0 Å². The predicted octanol–water partition coefficient (Wildman–Crippen LogP) is 3.68.